The van der Waals surface area contributed by atoms with E-state index in [-0.39, 0.29) is 29.2 Å². The minimum Gasteiger partial charge on any atom is -0.484 e. The number of thiazole rings is 1. The van der Waals surface area contributed by atoms with Crippen LogP contribution in [0.15, 0.2) is 87.1 Å². The fraction of sp³-hybridized carbons (Fsp3) is 0.172. The van der Waals surface area contributed by atoms with Gasteiger partial charge in [-0.3, -0.25) is 19.2 Å². The molecule has 2 aliphatic rings. The van der Waals surface area contributed by atoms with Crippen molar-refractivity contribution in [3.63, 3.8) is 0 Å². The zero-order chi connectivity index (χ0) is 28.0. The lowest BCUT2D eigenvalue weighted by Gasteiger charge is -2.29. The van der Waals surface area contributed by atoms with E-state index in [9.17, 15) is 19.2 Å². The number of aromatic amines is 1. The van der Waals surface area contributed by atoms with E-state index in [0.717, 1.165) is 31.8 Å². The van der Waals surface area contributed by atoms with Crippen molar-refractivity contribution in [2.24, 2.45) is 5.92 Å². The molecular formula is C29H22BrN3O5S2. The van der Waals surface area contributed by atoms with Gasteiger partial charge in [-0.1, -0.05) is 63.3 Å². The third kappa shape index (κ3) is 5.00. The summed E-state index contributed by atoms with van der Waals surface area (Å²) in [6.45, 7) is 1.78. The van der Waals surface area contributed by atoms with Gasteiger partial charge in [-0.15, -0.1) is 0 Å². The Morgan fingerprint density at radius 3 is 2.50 bits per heavy atom. The third-order valence-corrected chi connectivity index (χ3v) is 9.75. The van der Waals surface area contributed by atoms with Gasteiger partial charge in [0.05, 0.1) is 16.6 Å². The van der Waals surface area contributed by atoms with Crippen LogP contribution in [-0.2, 0) is 14.4 Å². The summed E-state index contributed by atoms with van der Waals surface area (Å²) < 4.78 is 6.53. The van der Waals surface area contributed by atoms with E-state index in [1.165, 1.54) is 16.7 Å². The molecule has 1 fully saturated rings. The van der Waals surface area contributed by atoms with Crippen molar-refractivity contribution in [1.82, 2.24) is 4.98 Å². The Bertz CT molecular complexity index is 1680. The first kappa shape index (κ1) is 26.5. The van der Waals surface area contributed by atoms with Gasteiger partial charge in [0.1, 0.15) is 11.0 Å². The van der Waals surface area contributed by atoms with Crippen LogP contribution in [0.3, 0.4) is 0 Å². The number of aryl methyl sites for hydroxylation is 1. The molecule has 0 aliphatic carbocycles. The number of imide groups is 1. The molecule has 3 unspecified atom stereocenters. The van der Waals surface area contributed by atoms with Gasteiger partial charge in [-0.05, 0) is 66.6 Å². The summed E-state index contributed by atoms with van der Waals surface area (Å²) in [4.78, 5) is 56.5. The number of thioether (sulfide) groups is 1. The highest BCUT2D eigenvalue weighted by Gasteiger charge is 2.56. The van der Waals surface area contributed by atoms with Gasteiger partial charge < -0.3 is 15.0 Å². The number of hydrogen-bond donors (Lipinski definition) is 2. The maximum Gasteiger partial charge on any atom is 0.305 e. The average Bonchev–Trinajstić information content (AvgIpc) is 3.42. The van der Waals surface area contributed by atoms with E-state index < -0.39 is 17.1 Å². The van der Waals surface area contributed by atoms with Crippen molar-refractivity contribution < 1.29 is 19.1 Å². The molecule has 3 heterocycles. The highest BCUT2D eigenvalue weighted by atomic mass is 79.9. The Morgan fingerprint density at radius 1 is 1.02 bits per heavy atom. The molecule has 1 saturated heterocycles. The Morgan fingerprint density at radius 2 is 1.77 bits per heavy atom. The zero-order valence-corrected chi connectivity index (χ0v) is 24.3. The minimum absolute atomic E-state index is 0.170. The van der Waals surface area contributed by atoms with Crippen LogP contribution in [0.4, 0.5) is 11.4 Å². The number of benzene rings is 3. The zero-order valence-electron chi connectivity index (χ0n) is 21.1. The van der Waals surface area contributed by atoms with E-state index >= 15 is 0 Å². The highest BCUT2D eigenvalue weighted by molar-refractivity contribution is 9.10. The molecule has 2 N–H and O–H groups in total. The number of carbonyl (C=O) groups excluding carboxylic acids is 3. The summed E-state index contributed by atoms with van der Waals surface area (Å²) in [7, 11) is 0. The number of amides is 3. The molecule has 4 aromatic rings. The lowest BCUT2D eigenvalue weighted by atomic mass is 9.83. The maximum absolute atomic E-state index is 13.8. The lowest BCUT2D eigenvalue weighted by molar-refractivity contribution is -0.122. The van der Waals surface area contributed by atoms with Gasteiger partial charge in [0.15, 0.2) is 6.61 Å². The van der Waals surface area contributed by atoms with E-state index in [2.05, 4.69) is 26.2 Å². The fourth-order valence-corrected chi connectivity index (χ4v) is 7.84. The normalized spacial score (nSPS) is 19.8. The van der Waals surface area contributed by atoms with Gasteiger partial charge in [-0.25, -0.2) is 4.90 Å². The first-order valence-corrected chi connectivity index (χ1v) is 14.9. The second kappa shape index (κ2) is 10.7. The molecule has 3 atom stereocenters. The number of carbonyl (C=O) groups is 3. The molecule has 3 aromatic carbocycles. The number of fused-ring (bicyclic) bond motifs is 2. The molecule has 40 heavy (non-hydrogen) atoms. The number of nitrogens with zero attached hydrogens (tertiary/aromatic N) is 1. The SMILES string of the molecule is Cc1cccc(NC(=O)COc2ccc(C3c4sc(=O)[nH]c4SC4C(=O)N(c5ccc(Br)cc5)C(=O)C43)cc2)c1. The summed E-state index contributed by atoms with van der Waals surface area (Å²) in [5, 5.41) is 2.76. The topological polar surface area (TPSA) is 109 Å². The quantitative estimate of drug-likeness (QED) is 0.278. The minimum atomic E-state index is -0.674. The monoisotopic (exact) mass is 635 g/mol. The van der Waals surface area contributed by atoms with Crippen molar-refractivity contribution >= 4 is 68.1 Å². The Kier molecular flexibility index (Phi) is 7.11. The number of rotatable bonds is 6. The van der Waals surface area contributed by atoms with Gasteiger partial charge >= 0.3 is 4.87 Å². The first-order chi connectivity index (χ1) is 19.3. The molecule has 11 heteroatoms. The van der Waals surface area contributed by atoms with Crippen LogP contribution in [0.5, 0.6) is 5.75 Å². The number of hydrogen-bond acceptors (Lipinski definition) is 7. The fourth-order valence-electron chi connectivity index (χ4n) is 5.06. The van der Waals surface area contributed by atoms with Crippen molar-refractivity contribution in [2.75, 3.05) is 16.8 Å². The standard InChI is InChI=1S/C29H22BrN3O5S2/c1-15-3-2-4-18(13-15)31-21(34)14-38-20-11-5-16(6-12-20)22-23-25(39-26-24(22)40-29(37)32-26)28(36)33(27(23)35)19-9-7-17(30)8-10-19/h2-13,22-23,25H,14H2,1H3,(H,31,34)(H,32,37). The lowest BCUT2D eigenvalue weighted by Crippen LogP contribution is -2.32. The molecule has 0 bridgehead atoms. The van der Waals surface area contributed by atoms with Crippen molar-refractivity contribution in [3.8, 4) is 5.75 Å². The summed E-state index contributed by atoms with van der Waals surface area (Å²) in [6.07, 6.45) is 0. The molecular weight excluding hydrogens is 614 g/mol. The van der Waals surface area contributed by atoms with Gasteiger partial charge in [0.2, 0.25) is 11.8 Å². The van der Waals surface area contributed by atoms with Crippen molar-refractivity contribution in [1.29, 1.82) is 0 Å². The van der Waals surface area contributed by atoms with Crippen LogP contribution in [0.1, 0.15) is 21.9 Å². The van der Waals surface area contributed by atoms with Gasteiger partial charge in [0, 0.05) is 21.0 Å². The summed E-state index contributed by atoms with van der Waals surface area (Å²) >= 11 is 5.69. The van der Waals surface area contributed by atoms with Gasteiger partial charge in [0.25, 0.3) is 5.91 Å². The second-order valence-electron chi connectivity index (χ2n) is 9.51. The van der Waals surface area contributed by atoms with E-state index in [1.807, 2.05) is 43.3 Å². The molecule has 6 rings (SSSR count). The van der Waals surface area contributed by atoms with E-state index in [0.29, 0.717) is 22.2 Å². The van der Waals surface area contributed by atoms with Crippen LogP contribution >= 0.6 is 39.0 Å². The van der Waals surface area contributed by atoms with Crippen molar-refractivity contribution in [2.45, 2.75) is 23.1 Å². The summed E-state index contributed by atoms with van der Waals surface area (Å²) in [6, 6.07) is 21.6. The molecule has 3 amide bonds. The molecule has 8 nitrogen and oxygen atoms in total. The molecule has 1 aromatic heterocycles. The molecule has 2 aliphatic heterocycles. The van der Waals surface area contributed by atoms with E-state index in [4.69, 9.17) is 4.74 Å². The van der Waals surface area contributed by atoms with Crippen LogP contribution in [0.2, 0.25) is 0 Å². The molecule has 202 valence electrons. The highest BCUT2D eigenvalue weighted by Crippen LogP contribution is 2.53. The van der Waals surface area contributed by atoms with Crippen LogP contribution in [0, 0.1) is 12.8 Å². The molecule has 0 radical (unpaired) electrons. The number of ether oxygens (including phenoxy) is 1. The molecule has 0 spiro atoms. The Balaban J connectivity index is 1.24. The number of H-pyrrole nitrogens is 1. The number of nitrogens with one attached hydrogen (secondary N) is 2. The summed E-state index contributed by atoms with van der Waals surface area (Å²) in [5.74, 6) is -1.56. The van der Waals surface area contributed by atoms with Gasteiger partial charge in [-0.2, -0.15) is 0 Å². The largest absolute Gasteiger partial charge is 0.484 e. The Labute approximate surface area is 245 Å². The predicted molar refractivity (Wildman–Crippen MR) is 158 cm³/mol. The van der Waals surface area contributed by atoms with Crippen LogP contribution < -0.4 is 19.8 Å². The Hall–Kier alpha value is -3.67. The number of anilines is 2. The predicted octanol–water partition coefficient (Wildman–Crippen LogP) is 5.32. The third-order valence-electron chi connectivity index (χ3n) is 6.82. The number of halogens is 1. The average molecular weight is 637 g/mol. The second-order valence-corrected chi connectivity index (χ2v) is 12.6. The van der Waals surface area contributed by atoms with Crippen LogP contribution in [0.25, 0.3) is 0 Å². The number of aromatic nitrogens is 1. The van der Waals surface area contributed by atoms with Crippen molar-refractivity contribution in [3.05, 3.63) is 103 Å². The van der Waals surface area contributed by atoms with Crippen LogP contribution in [-0.4, -0.2) is 34.6 Å². The maximum atomic E-state index is 13.8. The summed E-state index contributed by atoms with van der Waals surface area (Å²) in [5.41, 5.74) is 3.03. The molecule has 0 saturated carbocycles. The van der Waals surface area contributed by atoms with E-state index in [1.54, 1.807) is 36.4 Å². The smallest absolute Gasteiger partial charge is 0.305 e. The first-order valence-electron chi connectivity index (χ1n) is 12.4.